The van der Waals surface area contributed by atoms with E-state index in [4.69, 9.17) is 0 Å². The van der Waals surface area contributed by atoms with Crippen molar-refractivity contribution in [3.63, 3.8) is 0 Å². The maximum absolute atomic E-state index is 10.4. The molecule has 1 aliphatic heterocycles. The van der Waals surface area contributed by atoms with Gasteiger partial charge in [0.05, 0.1) is 3.57 Å². The molecule has 2 rings (SSSR count). The normalized spacial score (nSPS) is 16.3. The number of rotatable bonds is 5. The minimum Gasteiger partial charge on any atom is -0.506 e. The Balaban J connectivity index is 0.00000220. The largest absolute Gasteiger partial charge is 0.506 e. The van der Waals surface area contributed by atoms with Crippen molar-refractivity contribution in [3.05, 3.63) is 37.5 Å². The molecule has 22 heavy (non-hydrogen) atoms. The van der Waals surface area contributed by atoms with E-state index in [1.807, 2.05) is 12.1 Å². The standard InChI is InChI=1S/C15H20I2N2O.2ClH/c1-2-3-4-14(19-7-5-18-6-8-19)12-9-11(16)10-13(17)15(12)20;;/h2,9-10,14,18,20H,1,3-8H2;2*1H/t14-;;/m0../s1. The average Bonchev–Trinajstić information content (AvgIpc) is 2.45. The van der Waals surface area contributed by atoms with E-state index in [1.165, 1.54) is 3.57 Å². The van der Waals surface area contributed by atoms with Crippen LogP contribution in [0.25, 0.3) is 0 Å². The Morgan fingerprint density at radius 1 is 1.27 bits per heavy atom. The fraction of sp³-hybridized carbons (Fsp3) is 0.467. The molecule has 1 heterocycles. The SMILES string of the molecule is C=CCC[C@@H](c1cc(I)cc(I)c1O)N1CCNCC1.Cl.Cl. The highest BCUT2D eigenvalue weighted by atomic mass is 127. The van der Waals surface area contributed by atoms with Crippen molar-refractivity contribution in [1.82, 2.24) is 10.2 Å². The van der Waals surface area contributed by atoms with Gasteiger partial charge >= 0.3 is 0 Å². The lowest BCUT2D eigenvalue weighted by Gasteiger charge is -2.35. The molecule has 1 aliphatic rings. The van der Waals surface area contributed by atoms with Crippen molar-refractivity contribution in [1.29, 1.82) is 0 Å². The number of hydrogen-bond acceptors (Lipinski definition) is 3. The van der Waals surface area contributed by atoms with E-state index < -0.39 is 0 Å². The van der Waals surface area contributed by atoms with Crippen molar-refractivity contribution < 1.29 is 5.11 Å². The van der Waals surface area contributed by atoms with E-state index in [-0.39, 0.29) is 30.9 Å². The van der Waals surface area contributed by atoms with Crippen LogP contribution in [-0.2, 0) is 0 Å². The molecule has 0 amide bonds. The molecule has 0 unspecified atom stereocenters. The van der Waals surface area contributed by atoms with Crippen molar-refractivity contribution in [3.8, 4) is 5.75 Å². The zero-order valence-electron chi connectivity index (χ0n) is 12.2. The third-order valence-corrected chi connectivity index (χ3v) is 5.10. The van der Waals surface area contributed by atoms with Crippen LogP contribution in [-0.4, -0.2) is 36.2 Å². The van der Waals surface area contributed by atoms with E-state index in [0.29, 0.717) is 5.75 Å². The Kier molecular flexibility index (Phi) is 11.7. The summed E-state index contributed by atoms with van der Waals surface area (Å²) >= 11 is 4.53. The molecule has 1 aromatic carbocycles. The Morgan fingerprint density at radius 3 is 2.50 bits per heavy atom. The van der Waals surface area contributed by atoms with Crippen LogP contribution in [0.3, 0.4) is 0 Å². The first-order chi connectivity index (χ1) is 9.63. The van der Waals surface area contributed by atoms with Gasteiger partial charge in [0.2, 0.25) is 0 Å². The van der Waals surface area contributed by atoms with Crippen LogP contribution < -0.4 is 5.32 Å². The van der Waals surface area contributed by atoms with Gasteiger partial charge in [-0.2, -0.15) is 0 Å². The van der Waals surface area contributed by atoms with Gasteiger partial charge in [0, 0.05) is 41.4 Å². The van der Waals surface area contributed by atoms with Gasteiger partial charge in [-0.15, -0.1) is 31.4 Å². The van der Waals surface area contributed by atoms with Crippen LogP contribution in [0.4, 0.5) is 0 Å². The molecule has 3 nitrogen and oxygen atoms in total. The van der Waals surface area contributed by atoms with Gasteiger partial charge in [0.15, 0.2) is 0 Å². The summed E-state index contributed by atoms with van der Waals surface area (Å²) < 4.78 is 2.11. The second-order valence-corrected chi connectivity index (χ2v) is 7.40. The molecular formula is C15H22Cl2I2N2O. The molecule has 0 aliphatic carbocycles. The molecule has 0 radical (unpaired) electrons. The summed E-state index contributed by atoms with van der Waals surface area (Å²) in [6.45, 7) is 7.94. The van der Waals surface area contributed by atoms with Gasteiger partial charge in [0.25, 0.3) is 0 Å². The minimum absolute atomic E-state index is 0. The van der Waals surface area contributed by atoms with E-state index in [2.05, 4.69) is 68.0 Å². The lowest BCUT2D eigenvalue weighted by atomic mass is 9.98. The van der Waals surface area contributed by atoms with Gasteiger partial charge < -0.3 is 10.4 Å². The zero-order chi connectivity index (χ0) is 14.5. The summed E-state index contributed by atoms with van der Waals surface area (Å²) in [4.78, 5) is 2.47. The maximum Gasteiger partial charge on any atom is 0.133 e. The average molecular weight is 571 g/mol. The monoisotopic (exact) mass is 570 g/mol. The van der Waals surface area contributed by atoms with Crippen LogP contribution >= 0.6 is 70.0 Å². The molecule has 0 bridgehead atoms. The number of hydrogen-bond donors (Lipinski definition) is 2. The number of nitrogens with zero attached hydrogens (tertiary/aromatic N) is 1. The van der Waals surface area contributed by atoms with Crippen LogP contribution in [0, 0.1) is 7.14 Å². The number of allylic oxidation sites excluding steroid dienone is 1. The highest BCUT2D eigenvalue weighted by Crippen LogP contribution is 2.36. The predicted molar refractivity (Wildman–Crippen MR) is 115 cm³/mol. The van der Waals surface area contributed by atoms with Gasteiger partial charge in [-0.05, 0) is 70.2 Å². The van der Waals surface area contributed by atoms with Crippen LogP contribution in [0.15, 0.2) is 24.8 Å². The first-order valence-electron chi connectivity index (χ1n) is 6.87. The van der Waals surface area contributed by atoms with Crippen molar-refractivity contribution in [2.75, 3.05) is 26.2 Å². The Morgan fingerprint density at radius 2 is 1.91 bits per heavy atom. The van der Waals surface area contributed by atoms with E-state index >= 15 is 0 Å². The highest BCUT2D eigenvalue weighted by Gasteiger charge is 2.25. The van der Waals surface area contributed by atoms with E-state index in [9.17, 15) is 5.11 Å². The summed E-state index contributed by atoms with van der Waals surface area (Å²) in [6, 6.07) is 4.41. The van der Waals surface area contributed by atoms with Crippen molar-refractivity contribution >= 4 is 70.0 Å². The second kappa shape index (κ2) is 11.3. The molecule has 0 saturated carbocycles. The molecule has 7 heteroatoms. The number of benzene rings is 1. The molecular weight excluding hydrogens is 549 g/mol. The number of piperazine rings is 1. The molecule has 126 valence electrons. The Hall–Kier alpha value is 0.720. The number of phenolic OH excluding ortho intramolecular Hbond substituents is 1. The molecule has 2 N–H and O–H groups in total. The summed E-state index contributed by atoms with van der Waals surface area (Å²) in [5.41, 5.74) is 1.06. The third kappa shape index (κ3) is 5.98. The first kappa shape index (κ1) is 22.7. The minimum atomic E-state index is 0. The van der Waals surface area contributed by atoms with Crippen molar-refractivity contribution in [2.24, 2.45) is 0 Å². The maximum atomic E-state index is 10.4. The van der Waals surface area contributed by atoms with Gasteiger partial charge in [-0.3, -0.25) is 4.90 Å². The van der Waals surface area contributed by atoms with Gasteiger partial charge in [-0.25, -0.2) is 0 Å². The first-order valence-corrected chi connectivity index (χ1v) is 9.02. The van der Waals surface area contributed by atoms with Crippen LogP contribution in [0.1, 0.15) is 24.4 Å². The molecule has 1 aromatic rings. The number of phenols is 1. The Bertz CT molecular complexity index is 483. The number of halogens is 4. The summed E-state index contributed by atoms with van der Waals surface area (Å²) in [6.07, 6.45) is 3.94. The number of nitrogens with one attached hydrogen (secondary N) is 1. The quantitative estimate of drug-likeness (QED) is 0.408. The smallest absolute Gasteiger partial charge is 0.133 e. The molecule has 0 spiro atoms. The summed E-state index contributed by atoms with van der Waals surface area (Å²) in [5, 5.41) is 13.8. The summed E-state index contributed by atoms with van der Waals surface area (Å²) in [7, 11) is 0. The third-order valence-electron chi connectivity index (χ3n) is 3.65. The fourth-order valence-electron chi connectivity index (χ4n) is 2.64. The van der Waals surface area contributed by atoms with E-state index in [1.54, 1.807) is 0 Å². The molecule has 1 atom stereocenters. The lowest BCUT2D eigenvalue weighted by Crippen LogP contribution is -2.45. The topological polar surface area (TPSA) is 35.5 Å². The fourth-order valence-corrected chi connectivity index (χ4v) is 4.53. The van der Waals surface area contributed by atoms with E-state index in [0.717, 1.165) is 48.2 Å². The molecule has 1 saturated heterocycles. The van der Waals surface area contributed by atoms with Gasteiger partial charge in [0.1, 0.15) is 5.75 Å². The zero-order valence-corrected chi connectivity index (χ0v) is 18.2. The molecule has 1 fully saturated rings. The number of aromatic hydroxyl groups is 1. The van der Waals surface area contributed by atoms with Crippen molar-refractivity contribution in [2.45, 2.75) is 18.9 Å². The predicted octanol–water partition coefficient (Wildman–Crippen LogP) is 4.36. The van der Waals surface area contributed by atoms with Crippen LogP contribution in [0.2, 0.25) is 0 Å². The van der Waals surface area contributed by atoms with Gasteiger partial charge in [-0.1, -0.05) is 6.08 Å². The second-order valence-electron chi connectivity index (χ2n) is 4.99. The summed E-state index contributed by atoms with van der Waals surface area (Å²) in [5.74, 6) is 0.443. The highest BCUT2D eigenvalue weighted by molar-refractivity contribution is 14.1. The molecule has 0 aromatic heterocycles. The Labute approximate surface area is 172 Å². The lowest BCUT2D eigenvalue weighted by molar-refractivity contribution is 0.163. The van der Waals surface area contributed by atoms with Crippen LogP contribution in [0.5, 0.6) is 5.75 Å².